The van der Waals surface area contributed by atoms with Crippen molar-refractivity contribution >= 4 is 5.91 Å². The summed E-state index contributed by atoms with van der Waals surface area (Å²) in [7, 11) is 0. The number of rotatable bonds is 2. The van der Waals surface area contributed by atoms with Crippen molar-refractivity contribution in [3.63, 3.8) is 0 Å². The van der Waals surface area contributed by atoms with E-state index in [1.54, 1.807) is 0 Å². The number of nitrogens with one attached hydrogen (secondary N) is 1. The van der Waals surface area contributed by atoms with E-state index in [1.807, 2.05) is 6.92 Å². The van der Waals surface area contributed by atoms with Crippen molar-refractivity contribution in [3.05, 3.63) is 0 Å². The van der Waals surface area contributed by atoms with Gasteiger partial charge in [-0.3, -0.25) is 4.79 Å². The molecule has 3 N–H and O–H groups in total. The molecule has 2 aliphatic heterocycles. The Morgan fingerprint density at radius 3 is 2.47 bits per heavy atom. The maximum atomic E-state index is 12.2. The molecule has 2 heterocycles. The van der Waals surface area contributed by atoms with E-state index in [0.717, 1.165) is 19.4 Å². The van der Waals surface area contributed by atoms with Crippen LogP contribution in [0.15, 0.2) is 0 Å². The second kappa shape index (κ2) is 4.92. The highest BCUT2D eigenvalue weighted by atomic mass is 16.5. The highest BCUT2D eigenvalue weighted by Gasteiger charge is 2.40. The molecule has 2 aliphatic rings. The lowest BCUT2D eigenvalue weighted by atomic mass is 9.87. The molecule has 1 unspecified atom stereocenters. The van der Waals surface area contributed by atoms with Crippen LogP contribution in [0.3, 0.4) is 0 Å². The Kier molecular flexibility index (Phi) is 3.70. The van der Waals surface area contributed by atoms with Gasteiger partial charge >= 0.3 is 0 Å². The lowest BCUT2D eigenvalue weighted by molar-refractivity contribution is -0.133. The largest absolute Gasteiger partial charge is 0.381 e. The van der Waals surface area contributed by atoms with Gasteiger partial charge in [0.15, 0.2) is 0 Å². The van der Waals surface area contributed by atoms with Gasteiger partial charge in [-0.25, -0.2) is 0 Å². The van der Waals surface area contributed by atoms with Crippen LogP contribution in [0.1, 0.15) is 32.6 Å². The van der Waals surface area contributed by atoms with Crippen molar-refractivity contribution < 1.29 is 14.3 Å². The molecular formula is C12H22N2O3. The van der Waals surface area contributed by atoms with Crippen LogP contribution in [0.25, 0.3) is 0 Å². The molecule has 2 fully saturated rings. The lowest BCUT2D eigenvalue weighted by Gasteiger charge is -2.39. The summed E-state index contributed by atoms with van der Waals surface area (Å²) in [5.74, 6) is -0.0613. The van der Waals surface area contributed by atoms with Crippen LogP contribution in [0, 0.1) is 0 Å². The summed E-state index contributed by atoms with van der Waals surface area (Å²) in [6, 6.07) is 0. The Bertz CT molecular complexity index is 281. The zero-order valence-electron chi connectivity index (χ0n) is 10.5. The number of nitrogens with two attached hydrogens (primary N) is 1. The second-order valence-corrected chi connectivity index (χ2v) is 5.44. The molecule has 1 atom stereocenters. The van der Waals surface area contributed by atoms with Crippen molar-refractivity contribution in [3.8, 4) is 0 Å². The first-order valence-corrected chi connectivity index (χ1v) is 6.31. The van der Waals surface area contributed by atoms with Crippen LogP contribution in [0.5, 0.6) is 0 Å². The van der Waals surface area contributed by atoms with Crippen LogP contribution < -0.4 is 11.1 Å². The standard InChI is InChI=1S/C12H22N2O3/c1-11(3-2-6-17-9-11)14-10(15)12(13)4-7-16-8-5-12/h2-9,13H2,1H3,(H,14,15). The number of carbonyl (C=O) groups is 1. The minimum atomic E-state index is -0.765. The molecular weight excluding hydrogens is 220 g/mol. The maximum absolute atomic E-state index is 12.2. The summed E-state index contributed by atoms with van der Waals surface area (Å²) in [5.41, 5.74) is 5.12. The van der Waals surface area contributed by atoms with Crippen LogP contribution in [0.4, 0.5) is 0 Å². The molecule has 2 rings (SSSR count). The van der Waals surface area contributed by atoms with E-state index in [4.69, 9.17) is 15.2 Å². The Balaban J connectivity index is 1.95. The van der Waals surface area contributed by atoms with E-state index in [-0.39, 0.29) is 11.4 Å². The Labute approximate surface area is 102 Å². The van der Waals surface area contributed by atoms with E-state index in [0.29, 0.717) is 32.7 Å². The van der Waals surface area contributed by atoms with Crippen LogP contribution in [-0.2, 0) is 14.3 Å². The molecule has 2 saturated heterocycles. The zero-order valence-corrected chi connectivity index (χ0v) is 10.5. The summed E-state index contributed by atoms with van der Waals surface area (Å²) in [5, 5.41) is 3.06. The molecule has 0 radical (unpaired) electrons. The van der Waals surface area contributed by atoms with Gasteiger partial charge in [0.2, 0.25) is 5.91 Å². The minimum absolute atomic E-state index is 0.0613. The number of hydrogen-bond acceptors (Lipinski definition) is 4. The summed E-state index contributed by atoms with van der Waals surface area (Å²) >= 11 is 0. The molecule has 0 aromatic carbocycles. The Hall–Kier alpha value is -0.650. The van der Waals surface area contributed by atoms with Gasteiger partial charge in [0.1, 0.15) is 0 Å². The average molecular weight is 242 g/mol. The van der Waals surface area contributed by atoms with E-state index in [1.165, 1.54) is 0 Å². The van der Waals surface area contributed by atoms with Gasteiger partial charge in [0.25, 0.3) is 0 Å². The first-order chi connectivity index (χ1) is 8.04. The Morgan fingerprint density at radius 1 is 1.18 bits per heavy atom. The van der Waals surface area contributed by atoms with E-state index in [9.17, 15) is 4.79 Å². The molecule has 98 valence electrons. The predicted octanol–water partition coefficient (Wildman–Crippen LogP) is 0.180. The third-order valence-electron chi connectivity index (χ3n) is 3.69. The molecule has 0 aromatic heterocycles. The van der Waals surface area contributed by atoms with E-state index < -0.39 is 5.54 Å². The highest BCUT2D eigenvalue weighted by molar-refractivity contribution is 5.86. The van der Waals surface area contributed by atoms with Gasteiger partial charge < -0.3 is 20.5 Å². The van der Waals surface area contributed by atoms with Gasteiger partial charge in [-0.2, -0.15) is 0 Å². The fourth-order valence-electron chi connectivity index (χ4n) is 2.39. The summed E-state index contributed by atoms with van der Waals surface area (Å²) in [6.45, 7) is 4.51. The molecule has 0 saturated carbocycles. The van der Waals surface area contributed by atoms with Gasteiger partial charge in [-0.1, -0.05) is 0 Å². The van der Waals surface area contributed by atoms with Crippen molar-refractivity contribution in [2.45, 2.75) is 43.7 Å². The van der Waals surface area contributed by atoms with Crippen molar-refractivity contribution in [2.24, 2.45) is 5.73 Å². The molecule has 17 heavy (non-hydrogen) atoms. The first-order valence-electron chi connectivity index (χ1n) is 6.31. The molecule has 0 spiro atoms. The lowest BCUT2D eigenvalue weighted by Crippen LogP contribution is -2.63. The van der Waals surface area contributed by atoms with Gasteiger partial charge in [0.05, 0.1) is 17.7 Å². The SMILES string of the molecule is CC1(NC(=O)C2(N)CCOCC2)CCCOC1. The summed E-state index contributed by atoms with van der Waals surface area (Å²) in [4.78, 5) is 12.2. The van der Waals surface area contributed by atoms with E-state index >= 15 is 0 Å². The number of amides is 1. The summed E-state index contributed by atoms with van der Waals surface area (Å²) < 4.78 is 10.7. The van der Waals surface area contributed by atoms with Crippen molar-refractivity contribution in [2.75, 3.05) is 26.4 Å². The second-order valence-electron chi connectivity index (χ2n) is 5.44. The molecule has 0 bridgehead atoms. The monoisotopic (exact) mass is 242 g/mol. The zero-order chi connectivity index (χ0) is 12.4. The minimum Gasteiger partial charge on any atom is -0.381 e. The molecule has 5 heteroatoms. The topological polar surface area (TPSA) is 73.6 Å². The van der Waals surface area contributed by atoms with Crippen molar-refractivity contribution in [1.29, 1.82) is 0 Å². The average Bonchev–Trinajstić information content (AvgIpc) is 2.30. The number of hydrogen-bond donors (Lipinski definition) is 2. The first kappa shape index (κ1) is 12.8. The van der Waals surface area contributed by atoms with Gasteiger partial charge in [-0.15, -0.1) is 0 Å². The molecule has 1 amide bonds. The molecule has 0 aromatic rings. The third-order valence-corrected chi connectivity index (χ3v) is 3.69. The maximum Gasteiger partial charge on any atom is 0.240 e. The third kappa shape index (κ3) is 2.97. The van der Waals surface area contributed by atoms with Crippen LogP contribution >= 0.6 is 0 Å². The fourth-order valence-corrected chi connectivity index (χ4v) is 2.39. The van der Waals surface area contributed by atoms with Crippen LogP contribution in [-0.4, -0.2) is 43.4 Å². The smallest absolute Gasteiger partial charge is 0.240 e. The summed E-state index contributed by atoms with van der Waals surface area (Å²) in [6.07, 6.45) is 3.12. The molecule has 5 nitrogen and oxygen atoms in total. The molecule has 0 aliphatic carbocycles. The quantitative estimate of drug-likeness (QED) is 0.724. The van der Waals surface area contributed by atoms with Gasteiger partial charge in [-0.05, 0) is 32.6 Å². The van der Waals surface area contributed by atoms with E-state index in [2.05, 4.69) is 5.32 Å². The predicted molar refractivity (Wildman–Crippen MR) is 63.6 cm³/mol. The Morgan fingerprint density at radius 2 is 1.88 bits per heavy atom. The highest BCUT2D eigenvalue weighted by Crippen LogP contribution is 2.22. The number of carbonyl (C=O) groups excluding carboxylic acids is 1. The van der Waals surface area contributed by atoms with Crippen LogP contribution in [0.2, 0.25) is 0 Å². The fraction of sp³-hybridized carbons (Fsp3) is 0.917. The van der Waals surface area contributed by atoms with Crippen molar-refractivity contribution in [1.82, 2.24) is 5.32 Å². The number of ether oxygens (including phenoxy) is 2. The van der Waals surface area contributed by atoms with Gasteiger partial charge in [0, 0.05) is 19.8 Å². The normalized spacial score (nSPS) is 33.1.